The Kier molecular flexibility index (Phi) is 4.08. The monoisotopic (exact) mass is 331 g/mol. The van der Waals surface area contributed by atoms with Crippen LogP contribution in [0, 0.1) is 5.41 Å². The topological polar surface area (TPSA) is 86.9 Å². The molecule has 1 aliphatic heterocycles. The lowest BCUT2D eigenvalue weighted by molar-refractivity contribution is -0.114. The van der Waals surface area contributed by atoms with Crippen LogP contribution in [0.3, 0.4) is 0 Å². The average molecular weight is 331 g/mol. The predicted octanol–water partition coefficient (Wildman–Crippen LogP) is 3.22. The summed E-state index contributed by atoms with van der Waals surface area (Å²) in [7, 11) is 0. The summed E-state index contributed by atoms with van der Waals surface area (Å²) in [6, 6.07) is 6.67. The van der Waals surface area contributed by atoms with E-state index in [0.717, 1.165) is 28.8 Å². The van der Waals surface area contributed by atoms with Crippen molar-refractivity contribution in [1.82, 2.24) is 10.2 Å². The minimum Gasteiger partial charge on any atom is -0.508 e. The van der Waals surface area contributed by atoms with Gasteiger partial charge in [-0.15, -0.1) is 21.5 Å². The van der Waals surface area contributed by atoms with Gasteiger partial charge in [-0.25, -0.2) is 0 Å². The van der Waals surface area contributed by atoms with Crippen LogP contribution in [0.25, 0.3) is 6.08 Å². The molecule has 1 aliphatic rings. The maximum atomic E-state index is 12.5. The number of aryl methyl sites for hydroxylation is 1. The number of carbonyl (C=O) groups excluding carboxylic acids is 1. The Hall–Kier alpha value is -1.99. The maximum absolute atomic E-state index is 12.5. The van der Waals surface area contributed by atoms with Gasteiger partial charge >= 0.3 is 0 Å². The Morgan fingerprint density at radius 2 is 2.23 bits per heavy atom. The molecule has 1 aromatic carbocycles. The van der Waals surface area contributed by atoms with E-state index in [9.17, 15) is 9.90 Å². The van der Waals surface area contributed by atoms with Gasteiger partial charge in [-0.2, -0.15) is 0 Å². The van der Waals surface area contributed by atoms with Crippen molar-refractivity contribution in [3.05, 3.63) is 44.7 Å². The fourth-order valence-corrected chi connectivity index (χ4v) is 4.06. The van der Waals surface area contributed by atoms with Crippen LogP contribution in [0.5, 0.6) is 5.75 Å². The summed E-state index contributed by atoms with van der Waals surface area (Å²) < 4.78 is 0. The molecule has 1 atom stereocenters. The van der Waals surface area contributed by atoms with Crippen molar-refractivity contribution in [2.24, 2.45) is 0 Å². The van der Waals surface area contributed by atoms with Crippen molar-refractivity contribution in [3.8, 4) is 5.75 Å². The molecule has 0 bridgehead atoms. The average Bonchev–Trinajstić information content (AvgIpc) is 3.04. The van der Waals surface area contributed by atoms with Gasteiger partial charge in [-0.05, 0) is 30.2 Å². The first-order chi connectivity index (χ1) is 10.6. The second-order valence-electron chi connectivity index (χ2n) is 4.75. The Labute approximate surface area is 135 Å². The van der Waals surface area contributed by atoms with Gasteiger partial charge in [0.25, 0.3) is 0 Å². The molecular weight excluding hydrogens is 318 g/mol. The van der Waals surface area contributed by atoms with E-state index < -0.39 is 5.92 Å². The van der Waals surface area contributed by atoms with E-state index in [1.807, 2.05) is 6.92 Å². The second kappa shape index (κ2) is 6.02. The number of rotatable bonds is 3. The summed E-state index contributed by atoms with van der Waals surface area (Å²) in [6.45, 7) is 1.98. The number of nitrogens with one attached hydrogen (secondary N) is 1. The lowest BCUT2D eigenvalue weighted by Gasteiger charge is -2.00. The van der Waals surface area contributed by atoms with Gasteiger partial charge in [-0.1, -0.05) is 30.8 Å². The number of nitrogens with zero attached hydrogens (tertiary/aromatic N) is 2. The van der Waals surface area contributed by atoms with E-state index in [-0.39, 0.29) is 16.6 Å². The molecule has 1 saturated heterocycles. The third-order valence-corrected chi connectivity index (χ3v) is 5.31. The second-order valence-corrected chi connectivity index (χ2v) is 6.93. The van der Waals surface area contributed by atoms with Crippen molar-refractivity contribution in [2.45, 2.75) is 19.3 Å². The van der Waals surface area contributed by atoms with E-state index >= 15 is 0 Å². The largest absolute Gasteiger partial charge is 0.508 e. The standard InChI is InChI=1S/C15H13N3O2S2/c1-2-11-17-18-15(22-11)12-13(20)10(21-14(12)16)7-8-4-3-5-9(19)6-8/h3-7,12,16,19H,2H2,1H3. The Balaban J connectivity index is 1.91. The molecule has 0 amide bonds. The fraction of sp³-hybridized carbons (Fsp3) is 0.200. The summed E-state index contributed by atoms with van der Waals surface area (Å²) in [5.41, 5.74) is 0.732. The number of benzene rings is 1. The number of phenolic OH excluding ortho intramolecular Hbond substituents is 1. The zero-order valence-corrected chi connectivity index (χ0v) is 13.4. The molecule has 1 unspecified atom stereocenters. The first-order valence-electron chi connectivity index (χ1n) is 6.72. The Morgan fingerprint density at radius 3 is 2.91 bits per heavy atom. The highest BCUT2D eigenvalue weighted by molar-refractivity contribution is 8.19. The van der Waals surface area contributed by atoms with Crippen molar-refractivity contribution < 1.29 is 9.90 Å². The fourth-order valence-electron chi connectivity index (χ4n) is 2.11. The van der Waals surface area contributed by atoms with Gasteiger partial charge in [0.2, 0.25) is 0 Å². The normalized spacial score (nSPS) is 20.0. The van der Waals surface area contributed by atoms with Gasteiger partial charge in [0.1, 0.15) is 21.7 Å². The van der Waals surface area contributed by atoms with E-state index in [0.29, 0.717) is 9.91 Å². The highest BCUT2D eigenvalue weighted by atomic mass is 32.2. The molecule has 2 heterocycles. The highest BCUT2D eigenvalue weighted by Crippen LogP contribution is 2.41. The van der Waals surface area contributed by atoms with Crippen LogP contribution in [0.1, 0.15) is 28.4 Å². The zero-order chi connectivity index (χ0) is 15.7. The minimum absolute atomic E-state index is 0.128. The van der Waals surface area contributed by atoms with Crippen LogP contribution < -0.4 is 0 Å². The third kappa shape index (κ3) is 2.82. The number of aromatic nitrogens is 2. The molecule has 112 valence electrons. The summed E-state index contributed by atoms with van der Waals surface area (Å²) >= 11 is 2.53. The van der Waals surface area contributed by atoms with Crippen molar-refractivity contribution >= 4 is 40.0 Å². The molecule has 5 nitrogen and oxygen atoms in total. The van der Waals surface area contributed by atoms with E-state index in [2.05, 4.69) is 10.2 Å². The maximum Gasteiger partial charge on any atom is 0.186 e. The molecule has 1 fully saturated rings. The third-order valence-electron chi connectivity index (χ3n) is 3.19. The first kappa shape index (κ1) is 14.9. The summed E-state index contributed by atoms with van der Waals surface area (Å²) in [5.74, 6) is -0.614. The van der Waals surface area contributed by atoms with Crippen molar-refractivity contribution in [1.29, 1.82) is 5.41 Å². The van der Waals surface area contributed by atoms with Crippen LogP contribution in [-0.4, -0.2) is 26.1 Å². The predicted molar refractivity (Wildman–Crippen MR) is 88.4 cm³/mol. The SMILES string of the molecule is CCc1nnc(C2C(=N)SC(=Cc3cccc(O)c3)C2=O)s1. The number of thioether (sulfide) groups is 1. The molecule has 2 N–H and O–H groups in total. The molecule has 0 aliphatic carbocycles. The van der Waals surface area contributed by atoms with Crippen LogP contribution >= 0.6 is 23.1 Å². The molecule has 22 heavy (non-hydrogen) atoms. The zero-order valence-electron chi connectivity index (χ0n) is 11.7. The molecule has 0 radical (unpaired) electrons. The van der Waals surface area contributed by atoms with Crippen LogP contribution in [0.2, 0.25) is 0 Å². The van der Waals surface area contributed by atoms with E-state index in [4.69, 9.17) is 5.41 Å². The summed E-state index contributed by atoms with van der Waals surface area (Å²) in [6.07, 6.45) is 2.47. The number of hydrogen-bond acceptors (Lipinski definition) is 7. The molecule has 7 heteroatoms. The lowest BCUT2D eigenvalue weighted by atomic mass is 10.1. The molecule has 3 rings (SSSR count). The van der Waals surface area contributed by atoms with Gasteiger partial charge in [0, 0.05) is 0 Å². The summed E-state index contributed by atoms with van der Waals surface area (Å²) in [4.78, 5) is 13.0. The molecular formula is C15H13N3O2S2. The van der Waals surface area contributed by atoms with Crippen LogP contribution in [-0.2, 0) is 11.2 Å². The first-order valence-corrected chi connectivity index (χ1v) is 8.35. The number of aromatic hydroxyl groups is 1. The quantitative estimate of drug-likeness (QED) is 0.843. The lowest BCUT2D eigenvalue weighted by Crippen LogP contribution is -2.11. The van der Waals surface area contributed by atoms with Gasteiger partial charge in [-0.3, -0.25) is 10.2 Å². The van der Waals surface area contributed by atoms with Crippen LogP contribution in [0.4, 0.5) is 0 Å². The van der Waals surface area contributed by atoms with E-state index in [1.165, 1.54) is 11.3 Å². The number of Topliss-reactive ketones (excluding diaryl/α,β-unsaturated/α-hetero) is 1. The summed E-state index contributed by atoms with van der Waals surface area (Å²) in [5, 5.41) is 27.4. The minimum atomic E-state index is -0.633. The molecule has 0 saturated carbocycles. The van der Waals surface area contributed by atoms with Crippen molar-refractivity contribution in [3.63, 3.8) is 0 Å². The number of ketones is 1. The number of phenols is 1. The Morgan fingerprint density at radius 1 is 1.41 bits per heavy atom. The van der Waals surface area contributed by atoms with E-state index in [1.54, 1.807) is 30.3 Å². The van der Waals surface area contributed by atoms with Crippen molar-refractivity contribution in [2.75, 3.05) is 0 Å². The molecule has 2 aromatic rings. The smallest absolute Gasteiger partial charge is 0.186 e. The Bertz CT molecular complexity index is 783. The van der Waals surface area contributed by atoms with Crippen LogP contribution in [0.15, 0.2) is 29.2 Å². The number of hydrogen-bond donors (Lipinski definition) is 2. The number of carbonyl (C=O) groups is 1. The number of allylic oxidation sites excluding steroid dienone is 1. The van der Waals surface area contributed by atoms with Gasteiger partial charge in [0.05, 0.1) is 9.95 Å². The molecule has 1 aromatic heterocycles. The van der Waals surface area contributed by atoms with Gasteiger partial charge in [0.15, 0.2) is 5.78 Å². The van der Waals surface area contributed by atoms with Gasteiger partial charge < -0.3 is 5.11 Å². The highest BCUT2D eigenvalue weighted by Gasteiger charge is 2.39. The molecule has 0 spiro atoms.